The van der Waals surface area contributed by atoms with Gasteiger partial charge in [-0.05, 0) is 23.8 Å². The number of aromatic nitrogens is 1. The highest BCUT2D eigenvalue weighted by atomic mass is 19.1. The van der Waals surface area contributed by atoms with Gasteiger partial charge in [0.2, 0.25) is 5.56 Å². The number of halogens is 1. The van der Waals surface area contributed by atoms with E-state index in [0.717, 1.165) is 0 Å². The summed E-state index contributed by atoms with van der Waals surface area (Å²) in [7, 11) is 1.37. The van der Waals surface area contributed by atoms with Crippen LogP contribution in [0, 0.1) is 5.82 Å². The molecule has 0 saturated heterocycles. The molecule has 0 aliphatic heterocycles. The zero-order valence-corrected chi connectivity index (χ0v) is 12.8. The van der Waals surface area contributed by atoms with Gasteiger partial charge < -0.3 is 14.5 Å². The van der Waals surface area contributed by atoms with Crippen LogP contribution in [0.4, 0.5) is 4.39 Å². The van der Waals surface area contributed by atoms with E-state index in [1.54, 1.807) is 30.3 Å². The molecule has 5 nitrogen and oxygen atoms in total. The summed E-state index contributed by atoms with van der Waals surface area (Å²) in [4.78, 5) is 26.6. The summed E-state index contributed by atoms with van der Waals surface area (Å²) in [5.74, 6) is -1.06. The topological polar surface area (TPSA) is 68.4 Å². The summed E-state index contributed by atoms with van der Waals surface area (Å²) in [6, 6.07) is 12.4. The number of rotatable bonds is 4. The van der Waals surface area contributed by atoms with Gasteiger partial charge in [-0.3, -0.25) is 4.79 Å². The molecule has 0 atom stereocenters. The Bertz CT molecular complexity index is 965. The quantitative estimate of drug-likeness (QED) is 0.748. The van der Waals surface area contributed by atoms with E-state index < -0.39 is 17.3 Å². The van der Waals surface area contributed by atoms with E-state index >= 15 is 0 Å². The Labute approximate surface area is 136 Å². The average molecular weight is 327 g/mol. The smallest absolute Gasteiger partial charge is 0.339 e. The van der Waals surface area contributed by atoms with Crippen LogP contribution in [-0.4, -0.2) is 18.1 Å². The number of carbonyl (C=O) groups excluding carboxylic acids is 1. The predicted molar refractivity (Wildman–Crippen MR) is 86.6 cm³/mol. The van der Waals surface area contributed by atoms with Crippen molar-refractivity contribution >= 4 is 16.9 Å². The number of methoxy groups -OCH3 is 1. The molecule has 0 saturated carbocycles. The minimum atomic E-state index is -0.645. The Balaban J connectivity index is 1.83. The standard InChI is InChI=1S/C18H14FNO4/c1-23-16-7-6-11(8-14(16)19)10-24-18(22)13-9-17(21)20-15-5-3-2-4-12(13)15/h2-9H,10H2,1H3,(H,20,21). The first-order chi connectivity index (χ1) is 11.6. The monoisotopic (exact) mass is 327 g/mol. The number of H-pyrrole nitrogens is 1. The van der Waals surface area contributed by atoms with Gasteiger partial charge in [0.25, 0.3) is 0 Å². The van der Waals surface area contributed by atoms with Crippen molar-refractivity contribution < 1.29 is 18.7 Å². The van der Waals surface area contributed by atoms with Crippen molar-refractivity contribution in [2.75, 3.05) is 7.11 Å². The van der Waals surface area contributed by atoms with Gasteiger partial charge in [-0.1, -0.05) is 24.3 Å². The molecule has 1 N–H and O–H groups in total. The number of fused-ring (bicyclic) bond motifs is 1. The average Bonchev–Trinajstić information content (AvgIpc) is 2.59. The zero-order chi connectivity index (χ0) is 17.1. The number of aromatic amines is 1. The summed E-state index contributed by atoms with van der Waals surface area (Å²) in [6.07, 6.45) is 0. The van der Waals surface area contributed by atoms with Crippen LogP contribution in [0.5, 0.6) is 5.75 Å². The lowest BCUT2D eigenvalue weighted by Gasteiger charge is -2.08. The summed E-state index contributed by atoms with van der Waals surface area (Å²) >= 11 is 0. The van der Waals surface area contributed by atoms with E-state index in [9.17, 15) is 14.0 Å². The van der Waals surface area contributed by atoms with E-state index in [2.05, 4.69) is 4.98 Å². The van der Waals surface area contributed by atoms with Gasteiger partial charge in [0.05, 0.1) is 12.7 Å². The van der Waals surface area contributed by atoms with Crippen LogP contribution in [0.2, 0.25) is 0 Å². The van der Waals surface area contributed by atoms with Crippen molar-refractivity contribution in [3.05, 3.63) is 75.8 Å². The molecule has 3 rings (SSSR count). The van der Waals surface area contributed by atoms with Crippen LogP contribution in [0.25, 0.3) is 10.9 Å². The number of benzene rings is 2. The van der Waals surface area contributed by atoms with E-state index in [4.69, 9.17) is 9.47 Å². The van der Waals surface area contributed by atoms with Gasteiger partial charge in [0.1, 0.15) is 6.61 Å². The fraction of sp³-hybridized carbons (Fsp3) is 0.111. The molecule has 1 aromatic heterocycles. The SMILES string of the molecule is COc1ccc(COC(=O)c2cc(=O)[nH]c3ccccc23)cc1F. The molecular formula is C18H14FNO4. The molecule has 0 aliphatic rings. The van der Waals surface area contributed by atoms with Crippen molar-refractivity contribution in [2.24, 2.45) is 0 Å². The third-order valence-corrected chi connectivity index (χ3v) is 3.56. The second kappa shape index (κ2) is 6.54. The van der Waals surface area contributed by atoms with Crippen molar-refractivity contribution in [1.29, 1.82) is 0 Å². The highest BCUT2D eigenvalue weighted by Gasteiger charge is 2.13. The third kappa shape index (κ3) is 3.12. The van der Waals surface area contributed by atoms with Crippen LogP contribution in [-0.2, 0) is 11.3 Å². The number of para-hydroxylation sites is 1. The maximum Gasteiger partial charge on any atom is 0.339 e. The Morgan fingerprint density at radius 3 is 2.71 bits per heavy atom. The lowest BCUT2D eigenvalue weighted by molar-refractivity contribution is 0.0474. The van der Waals surface area contributed by atoms with Crippen molar-refractivity contribution in [2.45, 2.75) is 6.61 Å². The van der Waals surface area contributed by atoms with E-state index in [1.807, 2.05) is 0 Å². The number of ether oxygens (including phenoxy) is 2. The van der Waals surface area contributed by atoms with Crippen LogP contribution >= 0.6 is 0 Å². The van der Waals surface area contributed by atoms with Crippen LogP contribution in [0.3, 0.4) is 0 Å². The molecule has 0 radical (unpaired) electrons. The van der Waals surface area contributed by atoms with Gasteiger partial charge in [-0.25, -0.2) is 9.18 Å². The molecule has 0 unspecified atom stereocenters. The molecule has 0 spiro atoms. The third-order valence-electron chi connectivity index (χ3n) is 3.56. The lowest BCUT2D eigenvalue weighted by atomic mass is 10.1. The van der Waals surface area contributed by atoms with Gasteiger partial charge in [0.15, 0.2) is 11.6 Å². The number of hydrogen-bond donors (Lipinski definition) is 1. The highest BCUT2D eigenvalue weighted by molar-refractivity contribution is 6.03. The number of carbonyl (C=O) groups is 1. The fourth-order valence-corrected chi connectivity index (χ4v) is 2.40. The molecule has 2 aromatic carbocycles. The van der Waals surface area contributed by atoms with E-state index in [-0.39, 0.29) is 17.9 Å². The first-order valence-electron chi connectivity index (χ1n) is 7.20. The molecular weight excluding hydrogens is 313 g/mol. The van der Waals surface area contributed by atoms with Crippen molar-refractivity contribution in [3.63, 3.8) is 0 Å². The maximum atomic E-state index is 13.6. The minimum Gasteiger partial charge on any atom is -0.494 e. The molecule has 6 heteroatoms. The first-order valence-corrected chi connectivity index (χ1v) is 7.20. The molecule has 0 aliphatic carbocycles. The number of esters is 1. The number of hydrogen-bond acceptors (Lipinski definition) is 4. The Morgan fingerprint density at radius 2 is 1.96 bits per heavy atom. The van der Waals surface area contributed by atoms with E-state index in [1.165, 1.54) is 25.3 Å². The Morgan fingerprint density at radius 1 is 1.17 bits per heavy atom. The molecule has 122 valence electrons. The van der Waals surface area contributed by atoms with Gasteiger partial charge in [-0.2, -0.15) is 0 Å². The first kappa shape index (κ1) is 15.7. The summed E-state index contributed by atoms with van der Waals surface area (Å²) in [5.41, 5.74) is 0.808. The summed E-state index contributed by atoms with van der Waals surface area (Å²) in [6.45, 7) is -0.110. The molecule has 24 heavy (non-hydrogen) atoms. The van der Waals surface area contributed by atoms with Gasteiger partial charge in [-0.15, -0.1) is 0 Å². The van der Waals surface area contributed by atoms with Gasteiger partial charge in [0, 0.05) is 17.0 Å². The molecule has 3 aromatic rings. The maximum absolute atomic E-state index is 13.6. The molecule has 0 fully saturated rings. The van der Waals surface area contributed by atoms with Crippen molar-refractivity contribution in [3.8, 4) is 5.75 Å². The van der Waals surface area contributed by atoms with Gasteiger partial charge >= 0.3 is 5.97 Å². The van der Waals surface area contributed by atoms with Crippen LogP contribution in [0.15, 0.2) is 53.3 Å². The second-order valence-corrected chi connectivity index (χ2v) is 5.14. The highest BCUT2D eigenvalue weighted by Crippen LogP contribution is 2.19. The molecule has 0 amide bonds. The minimum absolute atomic E-state index is 0.110. The molecule has 1 heterocycles. The fourth-order valence-electron chi connectivity index (χ4n) is 2.40. The Kier molecular flexibility index (Phi) is 4.29. The van der Waals surface area contributed by atoms with Crippen LogP contribution < -0.4 is 10.3 Å². The number of pyridine rings is 1. The lowest BCUT2D eigenvalue weighted by Crippen LogP contribution is -2.13. The largest absolute Gasteiger partial charge is 0.494 e. The zero-order valence-electron chi connectivity index (χ0n) is 12.8. The second-order valence-electron chi connectivity index (χ2n) is 5.14. The summed E-state index contributed by atoms with van der Waals surface area (Å²) < 4.78 is 23.7. The Hall–Kier alpha value is -3.15. The molecule has 0 bridgehead atoms. The summed E-state index contributed by atoms with van der Waals surface area (Å²) in [5, 5.41) is 0.586. The van der Waals surface area contributed by atoms with Crippen LogP contribution in [0.1, 0.15) is 15.9 Å². The van der Waals surface area contributed by atoms with Crippen molar-refractivity contribution in [1.82, 2.24) is 4.98 Å². The predicted octanol–water partition coefficient (Wildman–Crippen LogP) is 3.03. The van der Waals surface area contributed by atoms with E-state index in [0.29, 0.717) is 16.5 Å². The number of nitrogens with one attached hydrogen (secondary N) is 1. The normalized spacial score (nSPS) is 10.6.